The summed E-state index contributed by atoms with van der Waals surface area (Å²) in [6.45, 7) is 5.93. The number of aliphatic hydroxyl groups is 1. The van der Waals surface area contributed by atoms with Gasteiger partial charge < -0.3 is 10.0 Å². The first-order chi connectivity index (χ1) is 21.1. The van der Waals surface area contributed by atoms with E-state index in [1.165, 1.54) is 16.3 Å². The number of halogens is 4. The minimum atomic E-state index is -1.30. The predicted octanol–water partition coefficient (Wildman–Crippen LogP) is 10.3. The Labute approximate surface area is 276 Å². The third-order valence-corrected chi connectivity index (χ3v) is 11.2. The molecule has 9 heteroatoms. The standard InChI is InChI=1S/C35H29Cl4N3O2/c1-17-32(18(2)41-19(3)40-17)42-23-13-11-20-9-5-6-10-21(20)27(23)35(15-7-4-8-16-35)24(42)14-12-22-33(43)25-26(34(22)44)29(37)31(39)30(38)28(25)36/h5-6,9-14,33,43H,4,7-8,15-16H2,1-3H3/b22-12-,24-14-. The van der Waals surface area contributed by atoms with E-state index in [2.05, 4.69) is 41.3 Å². The molecule has 1 N–H and O–H groups in total. The van der Waals surface area contributed by atoms with Gasteiger partial charge in [0.25, 0.3) is 0 Å². The van der Waals surface area contributed by atoms with Crippen LogP contribution in [0.3, 0.4) is 0 Å². The van der Waals surface area contributed by atoms with Crippen LogP contribution in [0.5, 0.6) is 0 Å². The van der Waals surface area contributed by atoms with E-state index in [9.17, 15) is 9.90 Å². The van der Waals surface area contributed by atoms with Crippen molar-refractivity contribution in [2.75, 3.05) is 4.90 Å². The first-order valence-electron chi connectivity index (χ1n) is 14.7. The van der Waals surface area contributed by atoms with Gasteiger partial charge in [0.15, 0.2) is 5.78 Å². The van der Waals surface area contributed by atoms with Gasteiger partial charge in [0.05, 0.1) is 48.4 Å². The topological polar surface area (TPSA) is 66.3 Å². The van der Waals surface area contributed by atoms with Crippen molar-refractivity contribution in [3.8, 4) is 0 Å². The summed E-state index contributed by atoms with van der Waals surface area (Å²) in [5.74, 6) is 0.288. The van der Waals surface area contributed by atoms with Crippen LogP contribution in [-0.4, -0.2) is 20.9 Å². The number of allylic oxidation sites excluding steroid dienone is 3. The van der Waals surface area contributed by atoms with Crippen molar-refractivity contribution in [1.29, 1.82) is 0 Å². The Balaban J connectivity index is 1.51. The van der Waals surface area contributed by atoms with Gasteiger partial charge >= 0.3 is 0 Å². The Kier molecular flexibility index (Phi) is 7.34. The second-order valence-corrected chi connectivity index (χ2v) is 13.4. The zero-order valence-corrected chi connectivity index (χ0v) is 27.5. The summed E-state index contributed by atoms with van der Waals surface area (Å²) in [5, 5.41) is 13.8. The number of fused-ring (bicyclic) bond motifs is 5. The number of carbonyl (C=O) groups is 1. The highest BCUT2D eigenvalue weighted by molar-refractivity contribution is 6.53. The zero-order valence-electron chi connectivity index (χ0n) is 24.4. The Hall–Kier alpha value is -2.93. The number of ketones is 1. The third-order valence-electron chi connectivity index (χ3n) is 9.41. The maximum Gasteiger partial charge on any atom is 0.193 e. The van der Waals surface area contributed by atoms with Gasteiger partial charge in [-0.1, -0.05) is 102 Å². The van der Waals surface area contributed by atoms with Crippen molar-refractivity contribution in [2.24, 2.45) is 0 Å². The highest BCUT2D eigenvalue weighted by Gasteiger charge is 2.50. The van der Waals surface area contributed by atoms with Gasteiger partial charge in [0.2, 0.25) is 0 Å². The summed E-state index contributed by atoms with van der Waals surface area (Å²) < 4.78 is 0. The fraction of sp³-hybridized carbons (Fsp3) is 0.286. The van der Waals surface area contributed by atoms with Crippen LogP contribution in [-0.2, 0) is 5.41 Å². The maximum absolute atomic E-state index is 13.8. The average Bonchev–Trinajstić information content (AvgIpc) is 3.40. The third kappa shape index (κ3) is 4.20. The lowest BCUT2D eigenvalue weighted by Gasteiger charge is -2.37. The normalized spacial score (nSPS) is 20.8. The van der Waals surface area contributed by atoms with Gasteiger partial charge in [0.1, 0.15) is 11.9 Å². The van der Waals surface area contributed by atoms with Crippen molar-refractivity contribution in [2.45, 2.75) is 64.4 Å². The molecule has 3 aliphatic rings. The molecule has 2 aliphatic carbocycles. The van der Waals surface area contributed by atoms with Gasteiger partial charge in [-0.15, -0.1) is 0 Å². The van der Waals surface area contributed by atoms with E-state index in [0.717, 1.165) is 60.6 Å². The summed E-state index contributed by atoms with van der Waals surface area (Å²) in [7, 11) is 0. The van der Waals surface area contributed by atoms with Crippen LogP contribution in [0.4, 0.5) is 11.4 Å². The second kappa shape index (κ2) is 10.9. The molecule has 1 atom stereocenters. The molecule has 224 valence electrons. The molecule has 0 bridgehead atoms. The molecule has 1 fully saturated rings. The highest BCUT2D eigenvalue weighted by atomic mass is 35.5. The summed E-state index contributed by atoms with van der Waals surface area (Å²) in [6, 6.07) is 12.9. The second-order valence-electron chi connectivity index (χ2n) is 11.9. The first-order valence-corrected chi connectivity index (χ1v) is 16.2. The molecule has 0 saturated heterocycles. The number of aryl methyl sites for hydroxylation is 3. The van der Waals surface area contributed by atoms with E-state index in [-0.39, 0.29) is 42.2 Å². The maximum atomic E-state index is 13.8. The molecule has 5 nitrogen and oxygen atoms in total. The molecule has 1 spiro atoms. The number of Topliss-reactive ketones (excluding diaryl/α,β-unsaturated/α-hetero) is 1. The summed E-state index contributed by atoms with van der Waals surface area (Å²) in [6.07, 6.45) is 7.60. The minimum Gasteiger partial charge on any atom is -0.383 e. The van der Waals surface area contributed by atoms with Gasteiger partial charge in [-0.05, 0) is 62.1 Å². The summed E-state index contributed by atoms with van der Waals surface area (Å²) in [5.41, 5.74) is 6.16. The summed E-state index contributed by atoms with van der Waals surface area (Å²) in [4.78, 5) is 25.6. The average molecular weight is 665 g/mol. The molecule has 1 aliphatic heterocycles. The van der Waals surface area contributed by atoms with E-state index in [0.29, 0.717) is 5.82 Å². The Morgan fingerprint density at radius 2 is 1.52 bits per heavy atom. The fourth-order valence-corrected chi connectivity index (χ4v) is 8.70. The van der Waals surface area contributed by atoms with E-state index in [4.69, 9.17) is 56.4 Å². The van der Waals surface area contributed by atoms with Crippen molar-refractivity contribution in [1.82, 2.24) is 9.97 Å². The molecule has 44 heavy (non-hydrogen) atoms. The van der Waals surface area contributed by atoms with Crippen LogP contribution < -0.4 is 4.90 Å². The van der Waals surface area contributed by atoms with Gasteiger partial charge in [-0.25, -0.2) is 9.97 Å². The lowest BCUT2D eigenvalue weighted by atomic mass is 9.67. The number of nitrogens with zero attached hydrogens (tertiary/aromatic N) is 3. The molecule has 0 radical (unpaired) electrons. The molecule has 1 saturated carbocycles. The lowest BCUT2D eigenvalue weighted by Crippen LogP contribution is -2.32. The van der Waals surface area contributed by atoms with Crippen LogP contribution in [0, 0.1) is 20.8 Å². The number of anilines is 2. The number of aromatic nitrogens is 2. The number of hydrogen-bond donors (Lipinski definition) is 1. The SMILES string of the molecule is Cc1nc(C)c(N2/C(=C\C=C3/C(=O)c4c(Cl)c(Cl)c(Cl)c(Cl)c4C3O)C3(CCCCC3)c3c2ccc2ccccc32)c(C)n1. The summed E-state index contributed by atoms with van der Waals surface area (Å²) >= 11 is 25.6. The first kappa shape index (κ1) is 29.8. The number of aliphatic hydroxyl groups excluding tert-OH is 1. The van der Waals surface area contributed by atoms with Crippen molar-refractivity contribution >= 4 is 74.3 Å². The van der Waals surface area contributed by atoms with E-state index in [1.54, 1.807) is 6.08 Å². The van der Waals surface area contributed by atoms with Crippen LogP contribution >= 0.6 is 46.4 Å². The van der Waals surface area contributed by atoms with Crippen LogP contribution in [0.15, 0.2) is 59.8 Å². The van der Waals surface area contributed by atoms with Crippen LogP contribution in [0.2, 0.25) is 20.1 Å². The van der Waals surface area contributed by atoms with Gasteiger partial charge in [0, 0.05) is 22.2 Å². The quantitative estimate of drug-likeness (QED) is 0.131. The Morgan fingerprint density at radius 3 is 2.23 bits per heavy atom. The molecule has 1 unspecified atom stereocenters. The number of rotatable bonds is 2. The van der Waals surface area contributed by atoms with Gasteiger partial charge in [-0.2, -0.15) is 0 Å². The van der Waals surface area contributed by atoms with E-state index >= 15 is 0 Å². The van der Waals surface area contributed by atoms with E-state index in [1.807, 2.05) is 26.8 Å². The number of carbonyl (C=O) groups excluding carboxylic acids is 1. The fourth-order valence-electron chi connectivity index (χ4n) is 7.65. The molecular weight excluding hydrogens is 636 g/mol. The Bertz CT molecular complexity index is 1950. The number of benzene rings is 3. The molecule has 1 aromatic heterocycles. The van der Waals surface area contributed by atoms with Crippen molar-refractivity contribution in [3.05, 3.63) is 114 Å². The lowest BCUT2D eigenvalue weighted by molar-refractivity contribution is 0.101. The monoisotopic (exact) mass is 663 g/mol. The largest absolute Gasteiger partial charge is 0.383 e. The predicted molar refractivity (Wildman–Crippen MR) is 179 cm³/mol. The van der Waals surface area contributed by atoms with Crippen molar-refractivity contribution in [3.63, 3.8) is 0 Å². The van der Waals surface area contributed by atoms with E-state index < -0.39 is 11.9 Å². The molecule has 0 amide bonds. The molecule has 2 heterocycles. The van der Waals surface area contributed by atoms with Gasteiger partial charge in [-0.3, -0.25) is 4.79 Å². The number of hydrogen-bond acceptors (Lipinski definition) is 5. The molecule has 3 aromatic carbocycles. The van der Waals surface area contributed by atoms with Crippen LogP contribution in [0.25, 0.3) is 10.8 Å². The molecule has 7 rings (SSSR count). The molecule has 4 aromatic rings. The van der Waals surface area contributed by atoms with Crippen molar-refractivity contribution < 1.29 is 9.90 Å². The minimum absolute atomic E-state index is 0.00647. The smallest absolute Gasteiger partial charge is 0.193 e. The highest BCUT2D eigenvalue weighted by Crippen LogP contribution is 2.60. The zero-order chi connectivity index (χ0) is 31.1. The van der Waals surface area contributed by atoms with Crippen LogP contribution in [0.1, 0.15) is 76.9 Å². The Morgan fingerprint density at radius 1 is 0.864 bits per heavy atom. The molecular formula is C35H29Cl4N3O2.